The molecule has 0 aliphatic rings. The molecule has 105 valence electrons. The van der Waals surface area contributed by atoms with Crippen LogP contribution in [0.2, 0.25) is 0 Å². The number of hydrogen-bond donors (Lipinski definition) is 0. The van der Waals surface area contributed by atoms with E-state index in [0.29, 0.717) is 19.0 Å². The van der Waals surface area contributed by atoms with Crippen LogP contribution in [0.25, 0.3) is 11.4 Å². The summed E-state index contributed by atoms with van der Waals surface area (Å²) in [4.78, 5) is 12.8. The first-order chi connectivity index (χ1) is 9.65. The Kier molecular flexibility index (Phi) is 4.50. The molecule has 0 fully saturated rings. The average Bonchev–Trinajstić information content (AvgIpc) is 2.39. The van der Waals surface area contributed by atoms with Gasteiger partial charge in [0.1, 0.15) is 0 Å². The fraction of sp³-hybridized carbons (Fsp3) is 0.400. The van der Waals surface area contributed by atoms with Gasteiger partial charge in [-0.25, -0.2) is 0 Å². The summed E-state index contributed by atoms with van der Waals surface area (Å²) in [5, 5.41) is 0. The highest BCUT2D eigenvalue weighted by Crippen LogP contribution is 2.26. The van der Waals surface area contributed by atoms with Crippen molar-refractivity contribution in [3.63, 3.8) is 0 Å². The van der Waals surface area contributed by atoms with Gasteiger partial charge in [-0.05, 0) is 44.9 Å². The number of aromatic nitrogens is 3. The van der Waals surface area contributed by atoms with Crippen molar-refractivity contribution in [2.45, 2.75) is 27.7 Å². The smallest absolute Gasteiger partial charge is 0.323 e. The zero-order valence-corrected chi connectivity index (χ0v) is 12.2. The molecule has 0 atom stereocenters. The van der Waals surface area contributed by atoms with E-state index in [0.717, 1.165) is 16.7 Å². The summed E-state index contributed by atoms with van der Waals surface area (Å²) in [5.41, 5.74) is 3.08. The standard InChI is InChI=1S/C15H18N3O2/c1-5-19-14-16-13(17-15(18-14)20-6-2)12-10(3)8-7-9-11(12)4/h8-9H,5-6H2,1-4H3. The van der Waals surface area contributed by atoms with Crippen molar-refractivity contribution < 1.29 is 9.47 Å². The monoisotopic (exact) mass is 272 g/mol. The number of benzene rings is 1. The summed E-state index contributed by atoms with van der Waals surface area (Å²) in [7, 11) is 0. The zero-order chi connectivity index (χ0) is 14.5. The van der Waals surface area contributed by atoms with Crippen LogP contribution < -0.4 is 9.47 Å². The molecular weight excluding hydrogens is 254 g/mol. The molecule has 2 aromatic rings. The fourth-order valence-corrected chi connectivity index (χ4v) is 1.94. The lowest BCUT2D eigenvalue weighted by atomic mass is 10.0. The second kappa shape index (κ2) is 6.32. The fourth-order valence-electron chi connectivity index (χ4n) is 1.94. The topological polar surface area (TPSA) is 57.1 Å². The quantitative estimate of drug-likeness (QED) is 0.837. The largest absolute Gasteiger partial charge is 0.464 e. The first-order valence-corrected chi connectivity index (χ1v) is 6.65. The number of rotatable bonds is 5. The van der Waals surface area contributed by atoms with Crippen LogP contribution >= 0.6 is 0 Å². The molecule has 1 radical (unpaired) electrons. The molecule has 20 heavy (non-hydrogen) atoms. The van der Waals surface area contributed by atoms with E-state index in [4.69, 9.17) is 9.47 Å². The van der Waals surface area contributed by atoms with E-state index in [2.05, 4.69) is 21.0 Å². The Labute approximate surface area is 119 Å². The highest BCUT2D eigenvalue weighted by Gasteiger charge is 2.13. The molecule has 5 heteroatoms. The minimum absolute atomic E-state index is 0.285. The Morgan fingerprint density at radius 3 is 1.85 bits per heavy atom. The second-order valence-electron chi connectivity index (χ2n) is 4.29. The zero-order valence-electron chi connectivity index (χ0n) is 12.2. The molecule has 0 spiro atoms. The molecule has 0 N–H and O–H groups in total. The molecule has 0 bridgehead atoms. The second-order valence-corrected chi connectivity index (χ2v) is 4.29. The molecule has 1 aromatic carbocycles. The van der Waals surface area contributed by atoms with Crippen molar-refractivity contribution in [2.24, 2.45) is 0 Å². The lowest BCUT2D eigenvalue weighted by Gasteiger charge is -2.10. The van der Waals surface area contributed by atoms with Gasteiger partial charge in [0.05, 0.1) is 13.2 Å². The van der Waals surface area contributed by atoms with E-state index >= 15 is 0 Å². The predicted octanol–water partition coefficient (Wildman–Crippen LogP) is 2.75. The number of aryl methyl sites for hydroxylation is 2. The third-order valence-electron chi connectivity index (χ3n) is 2.75. The molecule has 1 heterocycles. The van der Waals surface area contributed by atoms with E-state index < -0.39 is 0 Å². The van der Waals surface area contributed by atoms with Crippen LogP contribution in [0.4, 0.5) is 0 Å². The van der Waals surface area contributed by atoms with Crippen LogP contribution in [0.3, 0.4) is 0 Å². The van der Waals surface area contributed by atoms with Gasteiger partial charge in [0.2, 0.25) is 0 Å². The maximum atomic E-state index is 5.38. The van der Waals surface area contributed by atoms with Gasteiger partial charge in [0, 0.05) is 5.56 Å². The Balaban J connectivity index is 2.54. The molecule has 0 unspecified atom stereocenters. The average molecular weight is 272 g/mol. The summed E-state index contributed by atoms with van der Waals surface area (Å²) in [6, 6.07) is 7.47. The van der Waals surface area contributed by atoms with Crippen molar-refractivity contribution in [3.8, 4) is 23.4 Å². The Bertz CT molecular complexity index is 555. The lowest BCUT2D eigenvalue weighted by molar-refractivity contribution is 0.280. The summed E-state index contributed by atoms with van der Waals surface area (Å²) >= 11 is 0. The third-order valence-corrected chi connectivity index (χ3v) is 2.75. The molecule has 0 amide bonds. The highest BCUT2D eigenvalue weighted by atomic mass is 16.5. The summed E-state index contributed by atoms with van der Waals surface area (Å²) < 4.78 is 10.8. The molecular formula is C15H18N3O2. The molecule has 1 aromatic heterocycles. The summed E-state index contributed by atoms with van der Waals surface area (Å²) in [6.07, 6.45) is 0. The van der Waals surface area contributed by atoms with E-state index in [1.165, 1.54) is 0 Å². The molecule has 2 rings (SSSR count). The van der Waals surface area contributed by atoms with Crippen molar-refractivity contribution in [3.05, 3.63) is 29.3 Å². The lowest BCUT2D eigenvalue weighted by Crippen LogP contribution is -2.06. The minimum Gasteiger partial charge on any atom is -0.464 e. The van der Waals surface area contributed by atoms with Gasteiger partial charge < -0.3 is 9.47 Å². The third kappa shape index (κ3) is 3.04. The van der Waals surface area contributed by atoms with Crippen molar-refractivity contribution in [1.29, 1.82) is 0 Å². The van der Waals surface area contributed by atoms with Gasteiger partial charge in [0.15, 0.2) is 5.82 Å². The van der Waals surface area contributed by atoms with Crippen molar-refractivity contribution >= 4 is 0 Å². The molecule has 5 nitrogen and oxygen atoms in total. The SMILES string of the molecule is CCOc1nc(OCC)nc(-c2c(C)c[c]cc2C)n1. The van der Waals surface area contributed by atoms with E-state index in [9.17, 15) is 0 Å². The molecule has 0 saturated heterocycles. The number of hydrogen-bond acceptors (Lipinski definition) is 5. The van der Waals surface area contributed by atoms with Crippen LogP contribution in [0.5, 0.6) is 12.0 Å². The number of ether oxygens (including phenoxy) is 2. The number of nitrogens with zero attached hydrogens (tertiary/aromatic N) is 3. The highest BCUT2D eigenvalue weighted by molar-refractivity contribution is 5.64. The molecule has 0 aliphatic heterocycles. The first-order valence-electron chi connectivity index (χ1n) is 6.65. The summed E-state index contributed by atoms with van der Waals surface area (Å²) in [6.45, 7) is 8.77. The van der Waals surface area contributed by atoms with E-state index in [-0.39, 0.29) is 12.0 Å². The van der Waals surface area contributed by atoms with E-state index in [1.54, 1.807) is 0 Å². The van der Waals surface area contributed by atoms with Crippen molar-refractivity contribution in [2.75, 3.05) is 13.2 Å². The van der Waals surface area contributed by atoms with Crippen LogP contribution in [0.1, 0.15) is 25.0 Å². The van der Waals surface area contributed by atoms with Gasteiger partial charge in [0.25, 0.3) is 0 Å². The predicted molar refractivity (Wildman–Crippen MR) is 75.9 cm³/mol. The van der Waals surface area contributed by atoms with Gasteiger partial charge >= 0.3 is 12.0 Å². The van der Waals surface area contributed by atoms with Gasteiger partial charge in [-0.3, -0.25) is 0 Å². The van der Waals surface area contributed by atoms with Crippen LogP contribution in [-0.4, -0.2) is 28.2 Å². The van der Waals surface area contributed by atoms with Crippen molar-refractivity contribution in [1.82, 2.24) is 15.0 Å². The summed E-state index contributed by atoms with van der Waals surface area (Å²) in [5.74, 6) is 0.566. The Morgan fingerprint density at radius 2 is 1.40 bits per heavy atom. The van der Waals surface area contributed by atoms with E-state index in [1.807, 2.05) is 39.8 Å². The van der Waals surface area contributed by atoms with Crippen LogP contribution in [0, 0.1) is 19.9 Å². The van der Waals surface area contributed by atoms with Gasteiger partial charge in [-0.15, -0.1) is 4.98 Å². The molecule has 0 aliphatic carbocycles. The minimum atomic E-state index is 0.285. The Morgan fingerprint density at radius 1 is 0.900 bits per heavy atom. The maximum Gasteiger partial charge on any atom is 0.323 e. The maximum absolute atomic E-state index is 5.38. The first kappa shape index (κ1) is 14.2. The van der Waals surface area contributed by atoms with Crippen LogP contribution in [0.15, 0.2) is 12.1 Å². The molecule has 0 saturated carbocycles. The van der Waals surface area contributed by atoms with Gasteiger partial charge in [-0.1, -0.05) is 12.1 Å². The van der Waals surface area contributed by atoms with Crippen LogP contribution in [-0.2, 0) is 0 Å². The normalized spacial score (nSPS) is 10.4. The van der Waals surface area contributed by atoms with Gasteiger partial charge in [-0.2, -0.15) is 9.97 Å². The Hall–Kier alpha value is -2.17.